The molecular formula is C15H19N3O2S. The first-order valence-corrected chi connectivity index (χ1v) is 8.00. The number of urea groups is 1. The van der Waals surface area contributed by atoms with Gasteiger partial charge in [0.25, 0.3) is 0 Å². The predicted octanol–water partition coefficient (Wildman–Crippen LogP) is 3.51. The van der Waals surface area contributed by atoms with Crippen molar-refractivity contribution in [1.29, 1.82) is 0 Å². The van der Waals surface area contributed by atoms with Crippen LogP contribution in [0.5, 0.6) is 0 Å². The van der Waals surface area contributed by atoms with Crippen LogP contribution >= 0.6 is 11.8 Å². The molecule has 2 rings (SSSR count). The van der Waals surface area contributed by atoms with Crippen molar-refractivity contribution in [1.82, 2.24) is 5.32 Å². The summed E-state index contributed by atoms with van der Waals surface area (Å²) in [6.07, 6.45) is 2.05. The average molecular weight is 305 g/mol. The molecule has 0 radical (unpaired) electrons. The largest absolute Gasteiger partial charge is 0.463 e. The van der Waals surface area contributed by atoms with Crippen molar-refractivity contribution in [3.8, 4) is 0 Å². The van der Waals surface area contributed by atoms with Crippen LogP contribution in [0.25, 0.3) is 0 Å². The average Bonchev–Trinajstić information content (AvgIpc) is 2.94. The highest BCUT2D eigenvalue weighted by molar-refractivity contribution is 7.97. The first-order chi connectivity index (χ1) is 10.2. The van der Waals surface area contributed by atoms with Crippen molar-refractivity contribution >= 4 is 29.2 Å². The summed E-state index contributed by atoms with van der Waals surface area (Å²) in [4.78, 5) is 11.2. The number of nitrogens with one attached hydrogen (secondary N) is 3. The molecule has 0 saturated carbocycles. The van der Waals surface area contributed by atoms with E-state index in [0.717, 1.165) is 28.6 Å². The van der Waals surface area contributed by atoms with Gasteiger partial charge in [-0.2, -0.15) is 11.8 Å². The van der Waals surface area contributed by atoms with E-state index < -0.39 is 0 Å². The van der Waals surface area contributed by atoms with Crippen LogP contribution in [0.3, 0.4) is 0 Å². The van der Waals surface area contributed by atoms with E-state index >= 15 is 0 Å². The highest BCUT2D eigenvalue weighted by Crippen LogP contribution is 2.17. The Morgan fingerprint density at radius 2 is 1.76 bits per heavy atom. The van der Waals surface area contributed by atoms with Gasteiger partial charge in [-0.1, -0.05) is 0 Å². The molecule has 1 aromatic carbocycles. The molecule has 21 heavy (non-hydrogen) atoms. The molecule has 3 N–H and O–H groups in total. The zero-order valence-electron chi connectivity index (χ0n) is 12.1. The second-order valence-electron chi connectivity index (χ2n) is 4.44. The minimum absolute atomic E-state index is 0.229. The van der Waals surface area contributed by atoms with Crippen LogP contribution in [0.1, 0.15) is 11.5 Å². The van der Waals surface area contributed by atoms with E-state index in [9.17, 15) is 4.79 Å². The Bertz CT molecular complexity index is 581. The van der Waals surface area contributed by atoms with Crippen molar-refractivity contribution < 1.29 is 9.21 Å². The predicted molar refractivity (Wildman–Crippen MR) is 87.8 cm³/mol. The minimum Gasteiger partial charge on any atom is -0.463 e. The van der Waals surface area contributed by atoms with Gasteiger partial charge in [0.1, 0.15) is 11.5 Å². The Hall–Kier alpha value is -2.08. The third-order valence-electron chi connectivity index (χ3n) is 2.84. The van der Waals surface area contributed by atoms with Crippen LogP contribution in [-0.2, 0) is 12.3 Å². The number of carbonyl (C=O) groups is 1. The maximum Gasteiger partial charge on any atom is 0.318 e. The SMILES string of the molecule is CNC(=O)Nc1ccc(NCc2ccc(CSC)o2)cc1. The van der Waals surface area contributed by atoms with E-state index in [1.807, 2.05) is 36.4 Å². The Kier molecular flexibility index (Phi) is 5.57. The highest BCUT2D eigenvalue weighted by Gasteiger charge is 2.02. The maximum atomic E-state index is 11.2. The zero-order valence-corrected chi connectivity index (χ0v) is 12.9. The molecule has 1 aromatic heterocycles. The number of hydrogen-bond acceptors (Lipinski definition) is 4. The zero-order chi connectivity index (χ0) is 15.1. The summed E-state index contributed by atoms with van der Waals surface area (Å²) in [5.41, 5.74) is 1.72. The van der Waals surface area contributed by atoms with Gasteiger partial charge in [-0.3, -0.25) is 0 Å². The van der Waals surface area contributed by atoms with E-state index in [2.05, 4.69) is 22.2 Å². The topological polar surface area (TPSA) is 66.3 Å². The van der Waals surface area contributed by atoms with Crippen LogP contribution in [-0.4, -0.2) is 19.3 Å². The van der Waals surface area contributed by atoms with Crippen molar-refractivity contribution in [2.24, 2.45) is 0 Å². The number of thioether (sulfide) groups is 1. The van der Waals surface area contributed by atoms with Gasteiger partial charge in [0, 0.05) is 18.4 Å². The molecular weight excluding hydrogens is 286 g/mol. The molecule has 5 nitrogen and oxygen atoms in total. The molecule has 0 bridgehead atoms. The van der Waals surface area contributed by atoms with Crippen LogP contribution in [0.4, 0.5) is 16.2 Å². The van der Waals surface area contributed by atoms with E-state index in [-0.39, 0.29) is 6.03 Å². The molecule has 0 atom stereocenters. The molecule has 0 aliphatic rings. The molecule has 2 amide bonds. The molecule has 0 spiro atoms. The molecule has 0 unspecified atom stereocenters. The quantitative estimate of drug-likeness (QED) is 0.764. The summed E-state index contributed by atoms with van der Waals surface area (Å²) in [5, 5.41) is 8.50. The second kappa shape index (κ2) is 7.64. The fourth-order valence-corrected chi connectivity index (χ4v) is 2.23. The first kappa shape index (κ1) is 15.3. The fraction of sp³-hybridized carbons (Fsp3) is 0.267. The van der Waals surface area contributed by atoms with Gasteiger partial charge in [-0.25, -0.2) is 4.79 Å². The normalized spacial score (nSPS) is 10.2. The van der Waals surface area contributed by atoms with Crippen LogP contribution in [0.2, 0.25) is 0 Å². The van der Waals surface area contributed by atoms with E-state index in [4.69, 9.17) is 4.42 Å². The van der Waals surface area contributed by atoms with Crippen LogP contribution in [0, 0.1) is 0 Å². The van der Waals surface area contributed by atoms with E-state index in [0.29, 0.717) is 6.54 Å². The summed E-state index contributed by atoms with van der Waals surface area (Å²) in [6, 6.07) is 11.3. The molecule has 2 aromatic rings. The second-order valence-corrected chi connectivity index (χ2v) is 5.30. The van der Waals surface area contributed by atoms with Gasteiger partial charge >= 0.3 is 6.03 Å². The molecule has 6 heteroatoms. The van der Waals surface area contributed by atoms with Crippen molar-refractivity contribution in [3.63, 3.8) is 0 Å². The number of rotatable bonds is 6. The van der Waals surface area contributed by atoms with Gasteiger partial charge in [0.15, 0.2) is 0 Å². The first-order valence-electron chi connectivity index (χ1n) is 6.60. The molecule has 1 heterocycles. The summed E-state index contributed by atoms with van der Waals surface area (Å²) in [5.74, 6) is 2.79. The monoisotopic (exact) mass is 305 g/mol. The Morgan fingerprint density at radius 3 is 2.43 bits per heavy atom. The maximum absolute atomic E-state index is 11.2. The molecule has 0 aliphatic heterocycles. The summed E-state index contributed by atoms with van der Waals surface area (Å²) in [7, 11) is 1.58. The number of anilines is 2. The Labute approximate surface area is 128 Å². The summed E-state index contributed by atoms with van der Waals surface area (Å²) < 4.78 is 5.69. The van der Waals surface area contributed by atoms with Gasteiger partial charge < -0.3 is 20.4 Å². The summed E-state index contributed by atoms with van der Waals surface area (Å²) in [6.45, 7) is 0.636. The lowest BCUT2D eigenvalue weighted by molar-refractivity contribution is 0.254. The van der Waals surface area contributed by atoms with Gasteiger partial charge in [0.2, 0.25) is 0 Å². The minimum atomic E-state index is -0.229. The van der Waals surface area contributed by atoms with Crippen molar-refractivity contribution in [2.45, 2.75) is 12.3 Å². The number of hydrogen-bond donors (Lipinski definition) is 3. The highest BCUT2D eigenvalue weighted by atomic mass is 32.2. The lowest BCUT2D eigenvalue weighted by Crippen LogP contribution is -2.24. The number of carbonyl (C=O) groups excluding carboxylic acids is 1. The van der Waals surface area contributed by atoms with E-state index in [1.165, 1.54) is 0 Å². The van der Waals surface area contributed by atoms with Gasteiger partial charge in [-0.15, -0.1) is 0 Å². The smallest absolute Gasteiger partial charge is 0.318 e. The number of amides is 2. The fourth-order valence-electron chi connectivity index (χ4n) is 1.79. The molecule has 112 valence electrons. The third kappa shape index (κ3) is 4.75. The lowest BCUT2D eigenvalue weighted by atomic mass is 10.2. The van der Waals surface area contributed by atoms with Crippen molar-refractivity contribution in [3.05, 3.63) is 47.9 Å². The Morgan fingerprint density at radius 1 is 1.10 bits per heavy atom. The van der Waals surface area contributed by atoms with Crippen LogP contribution in [0.15, 0.2) is 40.8 Å². The standard InChI is InChI=1S/C15H19N3O2S/c1-16-15(19)18-12-5-3-11(4-6-12)17-9-13-7-8-14(20-13)10-21-2/h3-8,17H,9-10H2,1-2H3,(H2,16,18,19). The number of benzene rings is 1. The van der Waals surface area contributed by atoms with E-state index in [1.54, 1.807) is 18.8 Å². The van der Waals surface area contributed by atoms with Gasteiger partial charge in [-0.05, 0) is 42.7 Å². The molecule has 0 fully saturated rings. The Balaban J connectivity index is 1.86. The number of furan rings is 1. The van der Waals surface area contributed by atoms with Gasteiger partial charge in [0.05, 0.1) is 12.3 Å². The van der Waals surface area contributed by atoms with Crippen molar-refractivity contribution in [2.75, 3.05) is 23.9 Å². The summed E-state index contributed by atoms with van der Waals surface area (Å²) >= 11 is 1.74. The van der Waals surface area contributed by atoms with Crippen LogP contribution < -0.4 is 16.0 Å². The molecule has 0 aliphatic carbocycles. The molecule has 0 saturated heterocycles. The lowest BCUT2D eigenvalue weighted by Gasteiger charge is -2.07. The third-order valence-corrected chi connectivity index (χ3v) is 3.41.